The first kappa shape index (κ1) is 19.2. The molecule has 0 heterocycles. The Labute approximate surface area is 152 Å². The zero-order chi connectivity index (χ0) is 18.6. The third-order valence-corrected chi connectivity index (χ3v) is 5.83. The Bertz CT molecular complexity index is 854. The zero-order valence-corrected chi connectivity index (χ0v) is 16.0. The van der Waals surface area contributed by atoms with E-state index < -0.39 is 10.0 Å². The first-order valence-corrected chi connectivity index (χ1v) is 9.29. The molecule has 0 saturated carbocycles. The van der Waals surface area contributed by atoms with Gasteiger partial charge in [0, 0.05) is 12.6 Å². The number of sulfonamides is 1. The number of rotatable bonds is 7. The van der Waals surface area contributed by atoms with Crippen LogP contribution in [-0.4, -0.2) is 36.3 Å². The molecule has 6 nitrogen and oxygen atoms in total. The SMILES string of the molecule is CCN(c1cc(OC)ccc1OC)S(=O)(=O)c1ccc(OC)c(Cl)c1. The van der Waals surface area contributed by atoms with Crippen molar-refractivity contribution in [3.63, 3.8) is 0 Å². The van der Waals surface area contributed by atoms with Crippen molar-refractivity contribution in [3.8, 4) is 17.2 Å². The maximum Gasteiger partial charge on any atom is 0.264 e. The van der Waals surface area contributed by atoms with Gasteiger partial charge in [-0.15, -0.1) is 0 Å². The van der Waals surface area contributed by atoms with E-state index in [0.717, 1.165) is 0 Å². The van der Waals surface area contributed by atoms with Crippen molar-refractivity contribution in [1.29, 1.82) is 0 Å². The molecule has 0 spiro atoms. The van der Waals surface area contributed by atoms with Gasteiger partial charge in [-0.1, -0.05) is 11.6 Å². The van der Waals surface area contributed by atoms with E-state index in [9.17, 15) is 8.42 Å². The highest BCUT2D eigenvalue weighted by molar-refractivity contribution is 7.92. The van der Waals surface area contributed by atoms with Crippen molar-refractivity contribution in [1.82, 2.24) is 0 Å². The van der Waals surface area contributed by atoms with Crippen molar-refractivity contribution in [2.24, 2.45) is 0 Å². The van der Waals surface area contributed by atoms with Crippen LogP contribution in [0.3, 0.4) is 0 Å². The molecule has 0 aliphatic rings. The normalized spacial score (nSPS) is 11.1. The molecule has 0 radical (unpaired) electrons. The summed E-state index contributed by atoms with van der Waals surface area (Å²) < 4.78 is 43.1. The van der Waals surface area contributed by atoms with E-state index in [1.807, 2.05) is 0 Å². The van der Waals surface area contributed by atoms with E-state index in [2.05, 4.69) is 0 Å². The molecule has 0 aliphatic carbocycles. The van der Waals surface area contributed by atoms with Crippen molar-refractivity contribution < 1.29 is 22.6 Å². The summed E-state index contributed by atoms with van der Waals surface area (Å²) in [5.41, 5.74) is 0.385. The number of hydrogen-bond acceptors (Lipinski definition) is 5. The summed E-state index contributed by atoms with van der Waals surface area (Å²) in [6.45, 7) is 1.94. The van der Waals surface area contributed by atoms with E-state index in [1.165, 1.54) is 43.8 Å². The lowest BCUT2D eigenvalue weighted by Gasteiger charge is -2.25. The summed E-state index contributed by atoms with van der Waals surface area (Å²) in [6.07, 6.45) is 0. The second-order valence-electron chi connectivity index (χ2n) is 5.00. The van der Waals surface area contributed by atoms with Gasteiger partial charge in [-0.2, -0.15) is 0 Å². The van der Waals surface area contributed by atoms with Gasteiger partial charge < -0.3 is 14.2 Å². The summed E-state index contributed by atoms with van der Waals surface area (Å²) in [5, 5.41) is 0.220. The van der Waals surface area contributed by atoms with Crippen LogP contribution < -0.4 is 18.5 Å². The second-order valence-corrected chi connectivity index (χ2v) is 7.27. The third-order valence-electron chi connectivity index (χ3n) is 3.65. The highest BCUT2D eigenvalue weighted by Crippen LogP contribution is 2.36. The van der Waals surface area contributed by atoms with Gasteiger partial charge in [0.2, 0.25) is 0 Å². The molecule has 136 valence electrons. The van der Waals surface area contributed by atoms with Crippen LogP contribution in [0.2, 0.25) is 5.02 Å². The minimum atomic E-state index is -3.85. The van der Waals surface area contributed by atoms with Crippen molar-refractivity contribution in [2.75, 3.05) is 32.2 Å². The zero-order valence-electron chi connectivity index (χ0n) is 14.4. The molecular weight excluding hydrogens is 366 g/mol. The quantitative estimate of drug-likeness (QED) is 0.728. The molecule has 2 aromatic rings. The molecule has 0 aromatic heterocycles. The number of nitrogens with zero attached hydrogens (tertiary/aromatic N) is 1. The minimum Gasteiger partial charge on any atom is -0.497 e. The average molecular weight is 386 g/mol. The summed E-state index contributed by atoms with van der Waals surface area (Å²) in [4.78, 5) is 0.0602. The number of methoxy groups -OCH3 is 3. The molecule has 0 saturated heterocycles. The fraction of sp³-hybridized carbons (Fsp3) is 0.294. The molecule has 2 rings (SSSR count). The van der Waals surface area contributed by atoms with E-state index in [1.54, 1.807) is 25.1 Å². The predicted molar refractivity (Wildman–Crippen MR) is 97.8 cm³/mol. The van der Waals surface area contributed by atoms with E-state index in [4.69, 9.17) is 25.8 Å². The number of halogens is 1. The maximum absolute atomic E-state index is 13.1. The Morgan fingerprint density at radius 3 is 2.12 bits per heavy atom. The number of benzene rings is 2. The molecule has 0 bridgehead atoms. The first-order chi connectivity index (χ1) is 11.9. The van der Waals surface area contributed by atoms with Crippen LogP contribution in [0.5, 0.6) is 17.2 Å². The lowest BCUT2D eigenvalue weighted by atomic mass is 10.2. The predicted octanol–water partition coefficient (Wildman–Crippen LogP) is 3.58. The summed E-state index contributed by atoms with van der Waals surface area (Å²) in [6, 6.07) is 9.32. The molecular formula is C17H20ClNO5S. The molecule has 0 unspecified atom stereocenters. The molecule has 0 aliphatic heterocycles. The monoisotopic (exact) mass is 385 g/mol. The topological polar surface area (TPSA) is 65.1 Å². The Morgan fingerprint density at radius 1 is 0.960 bits per heavy atom. The number of hydrogen-bond donors (Lipinski definition) is 0. The average Bonchev–Trinajstić information content (AvgIpc) is 2.61. The summed E-state index contributed by atoms with van der Waals surface area (Å²) in [7, 11) is 0.611. The Morgan fingerprint density at radius 2 is 1.60 bits per heavy atom. The smallest absolute Gasteiger partial charge is 0.264 e. The van der Waals surface area contributed by atoms with Crippen molar-refractivity contribution in [2.45, 2.75) is 11.8 Å². The summed E-state index contributed by atoms with van der Waals surface area (Å²) in [5.74, 6) is 1.35. The molecule has 0 atom stereocenters. The van der Waals surface area contributed by atoms with Crippen LogP contribution in [0.1, 0.15) is 6.92 Å². The van der Waals surface area contributed by atoms with E-state index in [0.29, 0.717) is 22.9 Å². The lowest BCUT2D eigenvalue weighted by molar-refractivity contribution is 0.404. The Hall–Kier alpha value is -2.12. The summed E-state index contributed by atoms with van der Waals surface area (Å²) >= 11 is 6.08. The largest absolute Gasteiger partial charge is 0.497 e. The van der Waals surface area contributed by atoms with Crippen molar-refractivity contribution >= 4 is 27.3 Å². The minimum absolute atomic E-state index is 0.0602. The second kappa shape index (κ2) is 7.84. The van der Waals surface area contributed by atoms with Crippen LogP contribution in [0, 0.1) is 0 Å². The first-order valence-electron chi connectivity index (χ1n) is 7.47. The van der Waals surface area contributed by atoms with Crippen LogP contribution in [0.25, 0.3) is 0 Å². The fourth-order valence-corrected chi connectivity index (χ4v) is 4.22. The van der Waals surface area contributed by atoms with Gasteiger partial charge >= 0.3 is 0 Å². The van der Waals surface area contributed by atoms with Gasteiger partial charge in [-0.05, 0) is 37.3 Å². The molecule has 2 aromatic carbocycles. The molecule has 0 N–H and O–H groups in total. The lowest BCUT2D eigenvalue weighted by Crippen LogP contribution is -2.31. The van der Waals surface area contributed by atoms with Gasteiger partial charge in [0.1, 0.15) is 17.2 Å². The number of anilines is 1. The highest BCUT2D eigenvalue weighted by Gasteiger charge is 2.27. The Kier molecular flexibility index (Phi) is 6.02. The van der Waals surface area contributed by atoms with Crippen LogP contribution in [-0.2, 0) is 10.0 Å². The van der Waals surface area contributed by atoms with Crippen molar-refractivity contribution in [3.05, 3.63) is 41.4 Å². The standard InChI is InChI=1S/C17H20ClNO5S/c1-5-19(15-10-12(22-2)6-8-17(15)24-4)25(20,21)13-7-9-16(23-3)14(18)11-13/h6-11H,5H2,1-4H3. The molecule has 25 heavy (non-hydrogen) atoms. The van der Waals surface area contributed by atoms with Gasteiger partial charge in [0.25, 0.3) is 10.0 Å². The van der Waals surface area contributed by atoms with Gasteiger partial charge in [0.05, 0.1) is 36.9 Å². The molecule has 0 amide bonds. The fourth-order valence-electron chi connectivity index (χ4n) is 2.40. The van der Waals surface area contributed by atoms with E-state index >= 15 is 0 Å². The van der Waals surface area contributed by atoms with Gasteiger partial charge in [-0.25, -0.2) is 8.42 Å². The third kappa shape index (κ3) is 3.77. The van der Waals surface area contributed by atoms with Crippen LogP contribution in [0.4, 0.5) is 5.69 Å². The number of ether oxygens (including phenoxy) is 3. The molecule has 8 heteroatoms. The highest BCUT2D eigenvalue weighted by atomic mass is 35.5. The maximum atomic E-state index is 13.1. The Balaban J connectivity index is 2.58. The van der Waals surface area contributed by atoms with Gasteiger partial charge in [0.15, 0.2) is 0 Å². The van der Waals surface area contributed by atoms with Crippen LogP contribution in [0.15, 0.2) is 41.3 Å². The van der Waals surface area contributed by atoms with Gasteiger partial charge in [-0.3, -0.25) is 4.31 Å². The molecule has 0 fully saturated rings. The van der Waals surface area contributed by atoms with E-state index in [-0.39, 0.29) is 16.5 Å². The van der Waals surface area contributed by atoms with Crippen LogP contribution >= 0.6 is 11.6 Å².